The first-order chi connectivity index (χ1) is 17.6. The highest BCUT2D eigenvalue weighted by atomic mass is 32.1. The molecule has 3 aromatic heterocycles. The van der Waals surface area contributed by atoms with Crippen LogP contribution < -0.4 is 5.56 Å². The zero-order chi connectivity index (χ0) is 24.6. The Hall–Kier alpha value is -4.03. The molecule has 1 aliphatic heterocycles. The Morgan fingerprint density at radius 2 is 1.81 bits per heavy atom. The van der Waals surface area contributed by atoms with Gasteiger partial charge in [0.05, 0.1) is 22.2 Å². The fraction of sp³-hybridized carbons (Fsp3) is 0.292. The van der Waals surface area contributed by atoms with Gasteiger partial charge in [-0.1, -0.05) is 23.5 Å². The van der Waals surface area contributed by atoms with Crippen LogP contribution in [0.15, 0.2) is 59.7 Å². The third kappa shape index (κ3) is 4.14. The molecule has 2 aromatic carbocycles. The molecule has 0 unspecified atom stereocenters. The molecule has 0 aliphatic carbocycles. The van der Waals surface area contributed by atoms with Crippen LogP contribution in [0.5, 0.6) is 0 Å². The largest absolute Gasteiger partial charge is 0.302 e. The van der Waals surface area contributed by atoms with Gasteiger partial charge in [0, 0.05) is 36.7 Å². The van der Waals surface area contributed by atoms with Gasteiger partial charge in [-0.05, 0) is 50.2 Å². The number of nitrogens with zero attached hydrogens (tertiary/aromatic N) is 8. The molecule has 0 amide bonds. The van der Waals surface area contributed by atoms with Gasteiger partial charge >= 0.3 is 0 Å². The van der Waals surface area contributed by atoms with Crippen LogP contribution in [0.25, 0.3) is 26.4 Å². The number of hydrogen-bond acceptors (Lipinski definition) is 9. The van der Waals surface area contributed by atoms with Gasteiger partial charge in [-0.25, -0.2) is 4.98 Å². The minimum Gasteiger partial charge on any atom is -0.302 e. The predicted octanol–water partition coefficient (Wildman–Crippen LogP) is 3.35. The maximum absolute atomic E-state index is 12.7. The Morgan fingerprint density at radius 3 is 2.58 bits per heavy atom. The molecule has 0 radical (unpaired) electrons. The van der Waals surface area contributed by atoms with Crippen molar-refractivity contribution in [3.8, 4) is 10.6 Å². The molecular formula is C24H22N8O3S. The summed E-state index contributed by atoms with van der Waals surface area (Å²) in [7, 11) is 0. The molecule has 1 saturated heterocycles. The predicted molar refractivity (Wildman–Crippen MR) is 135 cm³/mol. The molecule has 0 bridgehead atoms. The lowest BCUT2D eigenvalue weighted by Crippen LogP contribution is -2.37. The van der Waals surface area contributed by atoms with Crippen LogP contribution in [0, 0.1) is 10.1 Å². The van der Waals surface area contributed by atoms with E-state index in [1.165, 1.54) is 23.5 Å². The number of para-hydroxylation sites is 1. The summed E-state index contributed by atoms with van der Waals surface area (Å²) in [5.41, 5.74) is 1.58. The van der Waals surface area contributed by atoms with Crippen LogP contribution in [0.3, 0.4) is 0 Å². The van der Waals surface area contributed by atoms with E-state index in [0.717, 1.165) is 54.4 Å². The number of likely N-dealkylation sites (tertiary alicyclic amines) is 1. The van der Waals surface area contributed by atoms with Crippen molar-refractivity contribution in [2.24, 2.45) is 0 Å². The smallest absolute Gasteiger partial charge is 0.269 e. The molecule has 5 aromatic rings. The first-order valence-electron chi connectivity index (χ1n) is 11.7. The van der Waals surface area contributed by atoms with Crippen LogP contribution in [0.1, 0.15) is 24.6 Å². The van der Waals surface area contributed by atoms with E-state index >= 15 is 0 Å². The van der Waals surface area contributed by atoms with Gasteiger partial charge in [-0.3, -0.25) is 19.5 Å². The average Bonchev–Trinajstić information content (AvgIpc) is 3.50. The third-order valence-corrected chi connectivity index (χ3v) is 7.63. The maximum atomic E-state index is 12.7. The van der Waals surface area contributed by atoms with Gasteiger partial charge in [-0.15, -0.1) is 10.2 Å². The van der Waals surface area contributed by atoms with E-state index in [1.807, 2.05) is 28.8 Å². The number of hydrogen-bond donors (Lipinski definition) is 0. The fourth-order valence-electron chi connectivity index (χ4n) is 4.66. The topological polar surface area (TPSA) is 124 Å². The van der Waals surface area contributed by atoms with E-state index in [9.17, 15) is 14.9 Å². The second-order valence-corrected chi connectivity index (χ2v) is 9.80. The van der Waals surface area contributed by atoms with Gasteiger partial charge in [0.2, 0.25) is 4.96 Å². The van der Waals surface area contributed by atoms with E-state index in [2.05, 4.69) is 20.1 Å². The van der Waals surface area contributed by atoms with E-state index in [0.29, 0.717) is 16.9 Å². The fourth-order valence-corrected chi connectivity index (χ4v) is 5.51. The van der Waals surface area contributed by atoms with Crippen LogP contribution >= 0.6 is 11.3 Å². The summed E-state index contributed by atoms with van der Waals surface area (Å²) in [6.07, 6.45) is 3.49. The first-order valence-corrected chi connectivity index (χ1v) is 12.5. The number of nitro groups is 1. The number of nitro benzene ring substituents is 1. The molecule has 6 rings (SSSR count). The number of rotatable bonds is 6. The summed E-state index contributed by atoms with van der Waals surface area (Å²) in [6, 6.07) is 13.8. The molecule has 0 atom stereocenters. The minimum atomic E-state index is -0.413. The van der Waals surface area contributed by atoms with Crippen molar-refractivity contribution in [2.75, 3.05) is 19.6 Å². The monoisotopic (exact) mass is 502 g/mol. The Morgan fingerprint density at radius 1 is 1.03 bits per heavy atom. The van der Waals surface area contributed by atoms with E-state index in [4.69, 9.17) is 5.10 Å². The van der Waals surface area contributed by atoms with Crippen LogP contribution in [0.2, 0.25) is 0 Å². The highest BCUT2D eigenvalue weighted by Crippen LogP contribution is 2.31. The number of benzene rings is 2. The molecule has 0 saturated carbocycles. The summed E-state index contributed by atoms with van der Waals surface area (Å²) in [4.78, 5) is 30.7. The van der Waals surface area contributed by atoms with E-state index in [1.54, 1.807) is 23.0 Å². The lowest BCUT2D eigenvalue weighted by Gasteiger charge is -2.30. The summed E-state index contributed by atoms with van der Waals surface area (Å²) in [5.74, 6) is 1.09. The highest BCUT2D eigenvalue weighted by Gasteiger charge is 2.26. The Labute approximate surface area is 208 Å². The SMILES string of the molecule is O=c1c2ccccc2ncn1CCN1CCC(c2nnc3sc(-c4ccc([N+](=O)[O-])cc4)nn23)CC1. The van der Waals surface area contributed by atoms with E-state index < -0.39 is 4.92 Å². The van der Waals surface area contributed by atoms with Crippen molar-refractivity contribution >= 4 is 32.9 Å². The van der Waals surface area contributed by atoms with Crippen LogP contribution in [0.4, 0.5) is 5.69 Å². The third-order valence-electron chi connectivity index (χ3n) is 6.68. The van der Waals surface area contributed by atoms with Gasteiger partial charge in [0.15, 0.2) is 5.82 Å². The lowest BCUT2D eigenvalue weighted by atomic mass is 9.96. The zero-order valence-corrected chi connectivity index (χ0v) is 20.0. The lowest BCUT2D eigenvalue weighted by molar-refractivity contribution is -0.384. The van der Waals surface area contributed by atoms with Gasteiger partial charge in [-0.2, -0.15) is 9.61 Å². The van der Waals surface area contributed by atoms with Crippen molar-refractivity contribution in [1.82, 2.24) is 34.3 Å². The molecule has 182 valence electrons. The number of fused-ring (bicyclic) bond motifs is 2. The average molecular weight is 503 g/mol. The van der Waals surface area contributed by atoms with Crippen LogP contribution in [-0.4, -0.2) is 58.8 Å². The van der Waals surface area contributed by atoms with Gasteiger partial charge in [0.25, 0.3) is 11.2 Å². The van der Waals surface area contributed by atoms with Crippen molar-refractivity contribution in [2.45, 2.75) is 25.3 Å². The van der Waals surface area contributed by atoms with Crippen molar-refractivity contribution in [3.63, 3.8) is 0 Å². The van der Waals surface area contributed by atoms with Gasteiger partial charge < -0.3 is 4.90 Å². The summed E-state index contributed by atoms with van der Waals surface area (Å²) < 4.78 is 3.49. The standard InChI is InChI=1S/C24H22N8O3S/c33-23-19-3-1-2-4-20(19)25-15-30(23)14-13-29-11-9-16(10-12-29)21-26-27-24-31(21)28-22(36-24)17-5-7-18(8-6-17)32(34)35/h1-8,15-16H,9-14H2. The molecule has 4 heterocycles. The van der Waals surface area contributed by atoms with Gasteiger partial charge in [0.1, 0.15) is 5.01 Å². The molecule has 1 fully saturated rings. The van der Waals surface area contributed by atoms with Crippen molar-refractivity contribution < 1.29 is 4.92 Å². The molecule has 11 nitrogen and oxygen atoms in total. The molecule has 12 heteroatoms. The second kappa shape index (κ2) is 9.21. The maximum Gasteiger partial charge on any atom is 0.269 e. The summed E-state index contributed by atoms with van der Waals surface area (Å²) in [6.45, 7) is 3.17. The number of non-ortho nitro benzene ring substituents is 1. The quantitative estimate of drug-likeness (QED) is 0.256. The van der Waals surface area contributed by atoms with Crippen LogP contribution in [-0.2, 0) is 6.54 Å². The molecule has 0 N–H and O–H groups in total. The number of aromatic nitrogens is 6. The van der Waals surface area contributed by atoms with Crippen molar-refractivity contribution in [1.29, 1.82) is 0 Å². The summed E-state index contributed by atoms with van der Waals surface area (Å²) >= 11 is 1.42. The first kappa shape index (κ1) is 22.4. The Balaban J connectivity index is 1.11. The van der Waals surface area contributed by atoms with E-state index in [-0.39, 0.29) is 17.2 Å². The zero-order valence-electron chi connectivity index (χ0n) is 19.2. The molecule has 1 aliphatic rings. The highest BCUT2D eigenvalue weighted by molar-refractivity contribution is 7.19. The Kier molecular flexibility index (Phi) is 5.74. The van der Waals surface area contributed by atoms with Crippen molar-refractivity contribution in [3.05, 3.63) is 81.2 Å². The normalized spacial score (nSPS) is 15.1. The second-order valence-electron chi connectivity index (χ2n) is 8.84. The molecule has 0 spiro atoms. The number of piperidine rings is 1. The summed E-state index contributed by atoms with van der Waals surface area (Å²) in [5, 5.41) is 25.7. The molecule has 36 heavy (non-hydrogen) atoms. The minimum absolute atomic E-state index is 0.00584. The Bertz CT molecular complexity index is 1620. The molecular weight excluding hydrogens is 480 g/mol.